The van der Waals surface area contributed by atoms with Gasteiger partial charge in [-0.1, -0.05) is 49.3 Å². The maximum absolute atomic E-state index is 6.13. The zero-order valence-corrected chi connectivity index (χ0v) is 12.1. The third kappa shape index (κ3) is 3.65. The number of likely N-dealkylation sites (N-methyl/N-ethyl adjacent to an activating group) is 1. The van der Waals surface area contributed by atoms with Crippen LogP contribution in [0.1, 0.15) is 37.2 Å². The molecular formula is C15H22N4O. The van der Waals surface area contributed by atoms with Crippen molar-refractivity contribution in [1.29, 1.82) is 0 Å². The van der Waals surface area contributed by atoms with Gasteiger partial charge in [0.2, 0.25) is 5.89 Å². The van der Waals surface area contributed by atoms with Gasteiger partial charge >= 0.3 is 0 Å². The summed E-state index contributed by atoms with van der Waals surface area (Å²) in [6.45, 7) is 7.30. The number of hydrogen-bond donors (Lipinski definition) is 1. The summed E-state index contributed by atoms with van der Waals surface area (Å²) in [6.07, 6.45) is 0.784. The van der Waals surface area contributed by atoms with E-state index in [9.17, 15) is 0 Å². The fourth-order valence-corrected chi connectivity index (χ4v) is 2.10. The number of nitrogens with two attached hydrogens (primary N) is 1. The van der Waals surface area contributed by atoms with Crippen LogP contribution >= 0.6 is 0 Å². The second kappa shape index (κ2) is 7.17. The van der Waals surface area contributed by atoms with Crippen molar-refractivity contribution >= 4 is 0 Å². The Hall–Kier alpha value is -1.72. The number of aromatic nitrogens is 2. The van der Waals surface area contributed by atoms with E-state index >= 15 is 0 Å². The minimum Gasteiger partial charge on any atom is -0.337 e. The van der Waals surface area contributed by atoms with Crippen molar-refractivity contribution in [2.45, 2.75) is 26.3 Å². The minimum absolute atomic E-state index is 0.356. The summed E-state index contributed by atoms with van der Waals surface area (Å²) >= 11 is 0. The lowest BCUT2D eigenvalue weighted by atomic mass is 10.1. The van der Waals surface area contributed by atoms with Crippen molar-refractivity contribution in [2.75, 3.05) is 19.6 Å². The minimum atomic E-state index is -0.356. The predicted octanol–water partition coefficient (Wildman–Crippen LogP) is 2.00. The molecule has 0 radical (unpaired) electrons. The van der Waals surface area contributed by atoms with Crippen LogP contribution < -0.4 is 5.73 Å². The van der Waals surface area contributed by atoms with E-state index in [-0.39, 0.29) is 6.04 Å². The zero-order valence-electron chi connectivity index (χ0n) is 12.1. The van der Waals surface area contributed by atoms with Gasteiger partial charge in [0, 0.05) is 13.0 Å². The van der Waals surface area contributed by atoms with Gasteiger partial charge in [-0.2, -0.15) is 4.98 Å². The molecule has 0 saturated heterocycles. The molecule has 0 aliphatic carbocycles. The van der Waals surface area contributed by atoms with Crippen molar-refractivity contribution in [3.63, 3.8) is 0 Å². The normalized spacial score (nSPS) is 12.8. The van der Waals surface area contributed by atoms with Crippen molar-refractivity contribution in [3.8, 4) is 0 Å². The van der Waals surface area contributed by atoms with Crippen molar-refractivity contribution < 1.29 is 4.52 Å². The number of hydrogen-bond acceptors (Lipinski definition) is 5. The average Bonchev–Trinajstić information content (AvgIpc) is 2.97. The van der Waals surface area contributed by atoms with Crippen LogP contribution in [0.15, 0.2) is 34.9 Å². The molecule has 2 rings (SSSR count). The molecule has 1 atom stereocenters. The van der Waals surface area contributed by atoms with Crippen LogP contribution in [0.25, 0.3) is 0 Å². The van der Waals surface area contributed by atoms with E-state index in [0.29, 0.717) is 5.89 Å². The summed E-state index contributed by atoms with van der Waals surface area (Å²) in [7, 11) is 0. The monoisotopic (exact) mass is 274 g/mol. The van der Waals surface area contributed by atoms with Gasteiger partial charge in [-0.15, -0.1) is 0 Å². The van der Waals surface area contributed by atoms with E-state index in [4.69, 9.17) is 10.3 Å². The molecule has 2 N–H and O–H groups in total. The van der Waals surface area contributed by atoms with Gasteiger partial charge in [-0.3, -0.25) is 0 Å². The molecule has 1 aromatic heterocycles. The topological polar surface area (TPSA) is 68.2 Å². The van der Waals surface area contributed by atoms with E-state index < -0.39 is 0 Å². The maximum atomic E-state index is 6.13. The second-order valence-corrected chi connectivity index (χ2v) is 4.71. The molecule has 0 amide bonds. The van der Waals surface area contributed by atoms with Crippen molar-refractivity contribution in [2.24, 2.45) is 5.73 Å². The van der Waals surface area contributed by atoms with Crippen molar-refractivity contribution in [3.05, 3.63) is 47.6 Å². The lowest BCUT2D eigenvalue weighted by Crippen LogP contribution is -2.25. The van der Waals surface area contributed by atoms with Crippen LogP contribution in [-0.2, 0) is 6.42 Å². The molecular weight excluding hydrogens is 252 g/mol. The van der Waals surface area contributed by atoms with Gasteiger partial charge in [0.05, 0.1) is 0 Å². The summed E-state index contributed by atoms with van der Waals surface area (Å²) in [5.41, 5.74) is 7.11. The first-order chi connectivity index (χ1) is 9.74. The highest BCUT2D eigenvalue weighted by Gasteiger charge is 2.16. The molecule has 0 aliphatic rings. The SMILES string of the molecule is CCN(CC)CCc1noc(C(N)c2ccccc2)n1. The molecule has 0 fully saturated rings. The number of nitrogens with zero attached hydrogens (tertiary/aromatic N) is 3. The predicted molar refractivity (Wildman–Crippen MR) is 78.3 cm³/mol. The molecule has 0 bridgehead atoms. The van der Waals surface area contributed by atoms with Crippen LogP contribution in [0.3, 0.4) is 0 Å². The molecule has 5 nitrogen and oxygen atoms in total. The van der Waals surface area contributed by atoms with E-state index in [1.165, 1.54) is 0 Å². The Morgan fingerprint density at radius 2 is 1.90 bits per heavy atom. The number of rotatable bonds is 7. The average molecular weight is 274 g/mol. The van der Waals surface area contributed by atoms with Gasteiger partial charge in [0.15, 0.2) is 5.82 Å². The van der Waals surface area contributed by atoms with Gasteiger partial charge in [0.1, 0.15) is 6.04 Å². The summed E-state index contributed by atoms with van der Waals surface area (Å²) in [4.78, 5) is 6.72. The quantitative estimate of drug-likeness (QED) is 0.836. The third-order valence-corrected chi connectivity index (χ3v) is 3.45. The van der Waals surface area contributed by atoms with Gasteiger partial charge in [-0.25, -0.2) is 0 Å². The summed E-state index contributed by atoms with van der Waals surface area (Å²) < 4.78 is 5.28. The Kier molecular flexibility index (Phi) is 5.26. The first kappa shape index (κ1) is 14.7. The molecule has 108 valence electrons. The van der Waals surface area contributed by atoms with E-state index in [0.717, 1.165) is 37.4 Å². The summed E-state index contributed by atoms with van der Waals surface area (Å²) in [5.74, 6) is 1.20. The molecule has 1 aromatic carbocycles. The van der Waals surface area contributed by atoms with Crippen LogP contribution in [0, 0.1) is 0 Å². The van der Waals surface area contributed by atoms with Gasteiger partial charge in [0.25, 0.3) is 0 Å². The van der Waals surface area contributed by atoms with Crippen LogP contribution in [0.5, 0.6) is 0 Å². The highest BCUT2D eigenvalue weighted by Crippen LogP contribution is 2.17. The second-order valence-electron chi connectivity index (χ2n) is 4.71. The largest absolute Gasteiger partial charge is 0.337 e. The Balaban J connectivity index is 1.98. The highest BCUT2D eigenvalue weighted by molar-refractivity contribution is 5.22. The standard InChI is InChI=1S/C15H22N4O/c1-3-19(4-2)11-10-13-17-15(20-18-13)14(16)12-8-6-5-7-9-12/h5-9,14H,3-4,10-11,16H2,1-2H3. The Bertz CT molecular complexity index is 508. The molecule has 0 aliphatic heterocycles. The molecule has 1 heterocycles. The highest BCUT2D eigenvalue weighted by atomic mass is 16.5. The first-order valence-corrected chi connectivity index (χ1v) is 7.10. The van der Waals surface area contributed by atoms with Crippen LogP contribution in [-0.4, -0.2) is 34.7 Å². The van der Waals surface area contributed by atoms with Gasteiger partial charge < -0.3 is 15.2 Å². The van der Waals surface area contributed by atoms with E-state index in [2.05, 4.69) is 28.9 Å². The number of benzene rings is 1. The van der Waals surface area contributed by atoms with E-state index in [1.807, 2.05) is 30.3 Å². The maximum Gasteiger partial charge on any atom is 0.248 e. The first-order valence-electron chi connectivity index (χ1n) is 7.10. The fraction of sp³-hybridized carbons (Fsp3) is 0.467. The molecule has 0 saturated carbocycles. The van der Waals surface area contributed by atoms with Gasteiger partial charge in [-0.05, 0) is 18.7 Å². The lowest BCUT2D eigenvalue weighted by molar-refractivity contribution is 0.302. The summed E-state index contributed by atoms with van der Waals surface area (Å²) in [5, 5.41) is 4.01. The Morgan fingerprint density at radius 1 is 1.20 bits per heavy atom. The van der Waals surface area contributed by atoms with Crippen molar-refractivity contribution in [1.82, 2.24) is 15.0 Å². The Morgan fingerprint density at radius 3 is 2.55 bits per heavy atom. The summed E-state index contributed by atoms with van der Waals surface area (Å²) in [6, 6.07) is 9.43. The smallest absolute Gasteiger partial charge is 0.248 e. The molecule has 0 spiro atoms. The third-order valence-electron chi connectivity index (χ3n) is 3.45. The fourth-order valence-electron chi connectivity index (χ4n) is 2.10. The lowest BCUT2D eigenvalue weighted by Gasteiger charge is -2.16. The molecule has 1 unspecified atom stereocenters. The molecule has 2 aromatic rings. The molecule has 20 heavy (non-hydrogen) atoms. The van der Waals surface area contributed by atoms with Crippen LogP contribution in [0.4, 0.5) is 0 Å². The zero-order chi connectivity index (χ0) is 14.4. The van der Waals surface area contributed by atoms with Crippen LogP contribution in [0.2, 0.25) is 0 Å². The Labute approximate surface area is 119 Å². The molecule has 5 heteroatoms. The van der Waals surface area contributed by atoms with E-state index in [1.54, 1.807) is 0 Å².